The molecule has 2 N–H and O–H groups in total. The van der Waals surface area contributed by atoms with Crippen molar-refractivity contribution < 1.29 is 4.74 Å². The van der Waals surface area contributed by atoms with Crippen LogP contribution in [0.4, 0.5) is 0 Å². The first-order valence-electron chi connectivity index (χ1n) is 3.63. The molecule has 0 aromatic heterocycles. The van der Waals surface area contributed by atoms with E-state index in [2.05, 4.69) is 0 Å². The molecule has 68 valence electrons. The molecule has 0 aliphatic carbocycles. The van der Waals surface area contributed by atoms with Crippen molar-refractivity contribution in [1.82, 2.24) is 0 Å². The molecule has 1 atom stereocenters. The number of hydrogen-bond donors (Lipinski definition) is 1. The van der Waals surface area contributed by atoms with Crippen LogP contribution in [-0.4, -0.2) is 7.11 Å². The van der Waals surface area contributed by atoms with Gasteiger partial charge in [-0.2, -0.15) is 0 Å². The minimum absolute atomic E-state index is 0. The van der Waals surface area contributed by atoms with Crippen molar-refractivity contribution in [3.05, 3.63) is 29.8 Å². The molecular formula is C10H17NO. The lowest BCUT2D eigenvalue weighted by molar-refractivity contribution is 0.414. The Morgan fingerprint density at radius 1 is 1.42 bits per heavy atom. The summed E-state index contributed by atoms with van der Waals surface area (Å²) in [5.74, 6) is 0.861. The van der Waals surface area contributed by atoms with Crippen molar-refractivity contribution in [2.75, 3.05) is 7.11 Å². The van der Waals surface area contributed by atoms with E-state index in [1.165, 1.54) is 0 Å². The first-order valence-corrected chi connectivity index (χ1v) is 3.63. The van der Waals surface area contributed by atoms with Crippen LogP contribution in [0.1, 0.15) is 26.0 Å². The standard InChI is InChI=1S/C9H13NO.CH4/c1-7(10)8-4-3-5-9(6-8)11-2;/h3-7H,10H2,1-2H3;1H4. The van der Waals surface area contributed by atoms with E-state index in [1.54, 1.807) is 7.11 Å². The predicted octanol–water partition coefficient (Wildman–Crippen LogP) is 2.35. The number of benzene rings is 1. The van der Waals surface area contributed by atoms with Crippen molar-refractivity contribution in [2.45, 2.75) is 20.4 Å². The van der Waals surface area contributed by atoms with Crippen molar-refractivity contribution in [3.8, 4) is 5.75 Å². The second kappa shape index (κ2) is 4.78. The summed E-state index contributed by atoms with van der Waals surface area (Å²) < 4.78 is 5.05. The number of hydrogen-bond acceptors (Lipinski definition) is 2. The Morgan fingerprint density at radius 3 is 2.58 bits per heavy atom. The van der Waals surface area contributed by atoms with Crippen LogP contribution in [0, 0.1) is 0 Å². The molecule has 0 heterocycles. The fourth-order valence-corrected chi connectivity index (χ4v) is 0.925. The van der Waals surface area contributed by atoms with Crippen molar-refractivity contribution in [1.29, 1.82) is 0 Å². The smallest absolute Gasteiger partial charge is 0.119 e. The second-order valence-corrected chi connectivity index (χ2v) is 2.57. The molecule has 0 spiro atoms. The van der Waals surface area contributed by atoms with Crippen LogP contribution in [0.3, 0.4) is 0 Å². The molecule has 1 rings (SSSR count). The van der Waals surface area contributed by atoms with E-state index in [9.17, 15) is 0 Å². The minimum atomic E-state index is 0. The van der Waals surface area contributed by atoms with Crippen LogP contribution >= 0.6 is 0 Å². The molecule has 0 saturated carbocycles. The van der Waals surface area contributed by atoms with Gasteiger partial charge in [-0.05, 0) is 24.6 Å². The quantitative estimate of drug-likeness (QED) is 0.733. The zero-order valence-corrected chi connectivity index (χ0v) is 6.87. The van der Waals surface area contributed by atoms with Crippen LogP contribution in [0.25, 0.3) is 0 Å². The Morgan fingerprint density at radius 2 is 2.08 bits per heavy atom. The number of methoxy groups -OCH3 is 1. The first-order chi connectivity index (χ1) is 5.24. The van der Waals surface area contributed by atoms with Gasteiger partial charge in [-0.25, -0.2) is 0 Å². The lowest BCUT2D eigenvalue weighted by Gasteiger charge is -2.06. The summed E-state index contributed by atoms with van der Waals surface area (Å²) in [5, 5.41) is 0. The molecule has 0 bridgehead atoms. The summed E-state index contributed by atoms with van der Waals surface area (Å²) in [6.45, 7) is 1.95. The van der Waals surface area contributed by atoms with Gasteiger partial charge in [-0.1, -0.05) is 19.6 Å². The molecule has 0 saturated heterocycles. The summed E-state index contributed by atoms with van der Waals surface area (Å²) in [5.41, 5.74) is 6.78. The fraction of sp³-hybridized carbons (Fsp3) is 0.400. The summed E-state index contributed by atoms with van der Waals surface area (Å²) in [6, 6.07) is 7.87. The van der Waals surface area contributed by atoms with E-state index >= 15 is 0 Å². The average molecular weight is 167 g/mol. The zero-order chi connectivity index (χ0) is 8.27. The van der Waals surface area contributed by atoms with Crippen LogP contribution in [0.15, 0.2) is 24.3 Å². The minimum Gasteiger partial charge on any atom is -0.497 e. The third-order valence-electron chi connectivity index (χ3n) is 1.62. The summed E-state index contributed by atoms with van der Waals surface area (Å²) in [6.07, 6.45) is 0. The van der Waals surface area contributed by atoms with Gasteiger partial charge in [0.25, 0.3) is 0 Å². The highest BCUT2D eigenvalue weighted by molar-refractivity contribution is 5.29. The largest absolute Gasteiger partial charge is 0.497 e. The molecule has 2 nitrogen and oxygen atoms in total. The Balaban J connectivity index is 0.00000121. The molecule has 1 aromatic carbocycles. The van der Waals surface area contributed by atoms with Gasteiger partial charge in [0, 0.05) is 6.04 Å². The SMILES string of the molecule is C.COc1cccc(C(C)N)c1. The molecule has 0 fully saturated rings. The number of ether oxygens (including phenoxy) is 1. The lowest BCUT2D eigenvalue weighted by Crippen LogP contribution is -2.04. The predicted molar refractivity (Wildman–Crippen MR) is 52.3 cm³/mol. The van der Waals surface area contributed by atoms with Gasteiger partial charge in [0.1, 0.15) is 5.75 Å². The highest BCUT2D eigenvalue weighted by Gasteiger charge is 1.98. The Bertz CT molecular complexity index is 233. The van der Waals surface area contributed by atoms with Gasteiger partial charge >= 0.3 is 0 Å². The zero-order valence-electron chi connectivity index (χ0n) is 6.87. The van der Waals surface area contributed by atoms with Crippen LogP contribution in [0.2, 0.25) is 0 Å². The van der Waals surface area contributed by atoms with Gasteiger partial charge < -0.3 is 10.5 Å². The normalized spacial score (nSPS) is 11.6. The van der Waals surface area contributed by atoms with E-state index in [0.717, 1.165) is 11.3 Å². The topological polar surface area (TPSA) is 35.2 Å². The van der Waals surface area contributed by atoms with Crippen molar-refractivity contribution >= 4 is 0 Å². The highest BCUT2D eigenvalue weighted by atomic mass is 16.5. The monoisotopic (exact) mass is 167 g/mol. The Hall–Kier alpha value is -1.02. The average Bonchev–Trinajstić information content (AvgIpc) is 2.05. The molecular weight excluding hydrogens is 150 g/mol. The lowest BCUT2D eigenvalue weighted by atomic mass is 10.1. The van der Waals surface area contributed by atoms with Gasteiger partial charge in [0.2, 0.25) is 0 Å². The molecule has 0 aliphatic heterocycles. The third-order valence-corrected chi connectivity index (χ3v) is 1.62. The summed E-state index contributed by atoms with van der Waals surface area (Å²) in [4.78, 5) is 0. The fourth-order valence-electron chi connectivity index (χ4n) is 0.925. The Labute approximate surface area is 74.4 Å². The van der Waals surface area contributed by atoms with Gasteiger partial charge in [-0.15, -0.1) is 0 Å². The van der Waals surface area contributed by atoms with Crippen LogP contribution < -0.4 is 10.5 Å². The van der Waals surface area contributed by atoms with Gasteiger partial charge in [0.05, 0.1) is 7.11 Å². The Kier molecular flexibility index (Phi) is 4.37. The second-order valence-electron chi connectivity index (χ2n) is 2.57. The van der Waals surface area contributed by atoms with E-state index in [0.29, 0.717) is 0 Å². The molecule has 0 aliphatic rings. The molecule has 1 aromatic rings. The van der Waals surface area contributed by atoms with Gasteiger partial charge in [0.15, 0.2) is 0 Å². The molecule has 0 radical (unpaired) electrons. The summed E-state index contributed by atoms with van der Waals surface area (Å²) in [7, 11) is 1.65. The maximum atomic E-state index is 5.68. The third kappa shape index (κ3) is 2.55. The molecule has 2 heteroatoms. The maximum Gasteiger partial charge on any atom is 0.119 e. The van der Waals surface area contributed by atoms with E-state index < -0.39 is 0 Å². The van der Waals surface area contributed by atoms with Crippen molar-refractivity contribution in [2.24, 2.45) is 5.73 Å². The summed E-state index contributed by atoms with van der Waals surface area (Å²) >= 11 is 0. The molecule has 1 unspecified atom stereocenters. The van der Waals surface area contributed by atoms with Crippen LogP contribution in [0.5, 0.6) is 5.75 Å². The van der Waals surface area contributed by atoms with Crippen molar-refractivity contribution in [3.63, 3.8) is 0 Å². The number of rotatable bonds is 2. The first kappa shape index (κ1) is 11.0. The molecule has 12 heavy (non-hydrogen) atoms. The maximum absolute atomic E-state index is 5.68. The van der Waals surface area contributed by atoms with E-state index in [-0.39, 0.29) is 13.5 Å². The van der Waals surface area contributed by atoms with Gasteiger partial charge in [-0.3, -0.25) is 0 Å². The van der Waals surface area contributed by atoms with Crippen LogP contribution in [-0.2, 0) is 0 Å². The van der Waals surface area contributed by atoms with E-state index in [4.69, 9.17) is 10.5 Å². The molecule has 0 amide bonds. The highest BCUT2D eigenvalue weighted by Crippen LogP contribution is 2.16. The van der Waals surface area contributed by atoms with E-state index in [1.807, 2.05) is 31.2 Å². The number of nitrogens with two attached hydrogens (primary N) is 1.